The highest BCUT2D eigenvalue weighted by Gasteiger charge is 2.18. The minimum absolute atomic E-state index is 0.0177. The number of benzene rings is 2. The summed E-state index contributed by atoms with van der Waals surface area (Å²) in [6, 6.07) is 15.6. The van der Waals surface area contributed by atoms with Crippen LogP contribution in [0.1, 0.15) is 24.2 Å². The van der Waals surface area contributed by atoms with Gasteiger partial charge in [-0.1, -0.05) is 30.3 Å². The van der Waals surface area contributed by atoms with Crippen LogP contribution in [0.15, 0.2) is 53.3 Å². The van der Waals surface area contributed by atoms with Crippen LogP contribution in [0.4, 0.5) is 0 Å². The van der Waals surface area contributed by atoms with Crippen LogP contribution >= 0.6 is 0 Å². The molecule has 0 bridgehead atoms. The summed E-state index contributed by atoms with van der Waals surface area (Å²) in [7, 11) is 0. The Kier molecular flexibility index (Phi) is 3.90. The molecule has 0 spiro atoms. The molecule has 0 atom stereocenters. The zero-order chi connectivity index (χ0) is 16.5. The van der Waals surface area contributed by atoms with Gasteiger partial charge in [0, 0.05) is 0 Å². The Bertz CT molecular complexity index is 939. The number of hydrogen-bond acceptors (Lipinski definition) is 3. The molecule has 4 nitrogen and oxygen atoms in total. The smallest absolute Gasteiger partial charge is 0.266 e. The summed E-state index contributed by atoms with van der Waals surface area (Å²) < 4.78 is 1.80. The number of rotatable bonds is 3. The van der Waals surface area contributed by atoms with Gasteiger partial charge < -0.3 is 0 Å². The highest BCUT2D eigenvalue weighted by atomic mass is 16.1. The maximum atomic E-state index is 13.2. The second-order valence-electron chi connectivity index (χ2n) is 6.46. The monoisotopic (exact) mass is 319 g/mol. The Balaban J connectivity index is 1.96. The quantitative estimate of drug-likeness (QED) is 0.743. The predicted octanol–water partition coefficient (Wildman–Crippen LogP) is 3.29. The largest absolute Gasteiger partial charge is 0.296 e. The third kappa shape index (κ3) is 2.63. The average Bonchev–Trinajstić information content (AvgIpc) is 3.09. The Hall–Kier alpha value is -2.46. The van der Waals surface area contributed by atoms with Crippen LogP contribution in [0.3, 0.4) is 0 Å². The SMILES string of the molecule is Cc1ccccc1-n1c(CN2CCCC2)nc2ccccc2c1=O. The number of fused-ring (bicyclic) bond motifs is 1. The van der Waals surface area contributed by atoms with Gasteiger partial charge in [0.05, 0.1) is 23.1 Å². The summed E-state index contributed by atoms with van der Waals surface area (Å²) >= 11 is 0. The lowest BCUT2D eigenvalue weighted by molar-refractivity contribution is 0.319. The van der Waals surface area contributed by atoms with Crippen molar-refractivity contribution >= 4 is 10.9 Å². The zero-order valence-corrected chi connectivity index (χ0v) is 13.9. The topological polar surface area (TPSA) is 38.1 Å². The van der Waals surface area contributed by atoms with Crippen molar-refractivity contribution < 1.29 is 0 Å². The van der Waals surface area contributed by atoms with Gasteiger partial charge in [0.15, 0.2) is 0 Å². The molecule has 1 saturated heterocycles. The molecule has 0 radical (unpaired) electrons. The van der Waals surface area contributed by atoms with Crippen molar-refractivity contribution in [3.63, 3.8) is 0 Å². The van der Waals surface area contributed by atoms with E-state index in [0.717, 1.165) is 35.7 Å². The molecule has 2 heterocycles. The molecule has 3 aromatic rings. The van der Waals surface area contributed by atoms with E-state index in [2.05, 4.69) is 4.90 Å². The first-order valence-corrected chi connectivity index (χ1v) is 8.53. The Labute approximate surface area is 141 Å². The molecule has 1 aliphatic rings. The van der Waals surface area contributed by atoms with E-state index >= 15 is 0 Å². The van der Waals surface area contributed by atoms with Gasteiger partial charge in [-0.3, -0.25) is 14.3 Å². The van der Waals surface area contributed by atoms with E-state index in [1.54, 1.807) is 4.57 Å². The van der Waals surface area contributed by atoms with Crippen molar-refractivity contribution in [2.24, 2.45) is 0 Å². The van der Waals surface area contributed by atoms with Crippen molar-refractivity contribution in [2.75, 3.05) is 13.1 Å². The van der Waals surface area contributed by atoms with Gasteiger partial charge in [-0.2, -0.15) is 0 Å². The lowest BCUT2D eigenvalue weighted by Crippen LogP contribution is -2.29. The van der Waals surface area contributed by atoms with Crippen LogP contribution in [0.25, 0.3) is 16.6 Å². The molecule has 1 aromatic heterocycles. The number of likely N-dealkylation sites (tertiary alicyclic amines) is 1. The van der Waals surface area contributed by atoms with E-state index < -0.39 is 0 Å². The first-order valence-electron chi connectivity index (χ1n) is 8.53. The van der Waals surface area contributed by atoms with E-state index in [0.29, 0.717) is 11.9 Å². The standard InChI is InChI=1S/C20H21N3O/c1-15-8-2-5-11-18(15)23-19(14-22-12-6-7-13-22)21-17-10-4-3-9-16(17)20(23)24/h2-5,8-11H,6-7,12-14H2,1H3. The minimum Gasteiger partial charge on any atom is -0.296 e. The van der Waals surface area contributed by atoms with Gasteiger partial charge in [0.25, 0.3) is 5.56 Å². The maximum Gasteiger partial charge on any atom is 0.266 e. The Morgan fingerprint density at radius 2 is 1.71 bits per heavy atom. The molecule has 4 heteroatoms. The summed E-state index contributed by atoms with van der Waals surface area (Å²) in [6.07, 6.45) is 2.45. The number of nitrogens with zero attached hydrogens (tertiary/aromatic N) is 3. The third-order valence-corrected chi connectivity index (χ3v) is 4.77. The fourth-order valence-electron chi connectivity index (χ4n) is 3.49. The molecule has 4 rings (SSSR count). The molecule has 0 unspecified atom stereocenters. The van der Waals surface area contributed by atoms with Gasteiger partial charge in [0.2, 0.25) is 0 Å². The van der Waals surface area contributed by atoms with Gasteiger partial charge in [-0.15, -0.1) is 0 Å². The fourth-order valence-corrected chi connectivity index (χ4v) is 3.49. The Morgan fingerprint density at radius 1 is 1.00 bits per heavy atom. The van der Waals surface area contributed by atoms with Gasteiger partial charge in [-0.05, 0) is 56.6 Å². The van der Waals surface area contributed by atoms with Crippen molar-refractivity contribution in [3.05, 3.63) is 70.3 Å². The van der Waals surface area contributed by atoms with E-state index in [9.17, 15) is 4.79 Å². The zero-order valence-electron chi connectivity index (χ0n) is 13.9. The molecular formula is C20H21N3O. The maximum absolute atomic E-state index is 13.2. The number of para-hydroxylation sites is 2. The van der Waals surface area contributed by atoms with Gasteiger partial charge >= 0.3 is 0 Å². The summed E-state index contributed by atoms with van der Waals surface area (Å²) in [5.74, 6) is 0.829. The van der Waals surface area contributed by atoms with Gasteiger partial charge in [-0.25, -0.2) is 4.98 Å². The van der Waals surface area contributed by atoms with E-state index in [1.165, 1.54) is 12.8 Å². The molecule has 0 saturated carbocycles. The predicted molar refractivity (Wildman–Crippen MR) is 96.6 cm³/mol. The fraction of sp³-hybridized carbons (Fsp3) is 0.300. The second-order valence-corrected chi connectivity index (χ2v) is 6.46. The lowest BCUT2D eigenvalue weighted by Gasteiger charge is -2.19. The molecule has 0 aliphatic carbocycles. The van der Waals surface area contributed by atoms with Crippen LogP contribution in [0.2, 0.25) is 0 Å². The molecule has 1 fully saturated rings. The average molecular weight is 319 g/mol. The summed E-state index contributed by atoms with van der Waals surface area (Å²) in [6.45, 7) is 4.91. The summed E-state index contributed by atoms with van der Waals surface area (Å²) in [4.78, 5) is 20.4. The lowest BCUT2D eigenvalue weighted by atomic mass is 10.1. The van der Waals surface area contributed by atoms with Crippen molar-refractivity contribution in [3.8, 4) is 5.69 Å². The minimum atomic E-state index is 0.0177. The molecule has 0 N–H and O–H groups in total. The van der Waals surface area contributed by atoms with Crippen LogP contribution in [-0.2, 0) is 6.54 Å². The second kappa shape index (κ2) is 6.21. The molecule has 0 amide bonds. The van der Waals surface area contributed by atoms with E-state index in [4.69, 9.17) is 4.98 Å². The molecular weight excluding hydrogens is 298 g/mol. The molecule has 1 aliphatic heterocycles. The molecule has 122 valence electrons. The molecule has 24 heavy (non-hydrogen) atoms. The number of aromatic nitrogens is 2. The van der Waals surface area contributed by atoms with Crippen molar-refractivity contribution in [1.29, 1.82) is 0 Å². The highest BCUT2D eigenvalue weighted by molar-refractivity contribution is 5.77. The number of aryl methyl sites for hydroxylation is 1. The van der Waals surface area contributed by atoms with Gasteiger partial charge in [0.1, 0.15) is 5.82 Å². The van der Waals surface area contributed by atoms with E-state index in [1.807, 2.05) is 55.5 Å². The summed E-state index contributed by atoms with van der Waals surface area (Å²) in [5.41, 5.74) is 2.81. The van der Waals surface area contributed by atoms with Crippen molar-refractivity contribution in [2.45, 2.75) is 26.3 Å². The number of hydrogen-bond donors (Lipinski definition) is 0. The van der Waals surface area contributed by atoms with Crippen LogP contribution < -0.4 is 5.56 Å². The van der Waals surface area contributed by atoms with Crippen LogP contribution in [0, 0.1) is 6.92 Å². The third-order valence-electron chi connectivity index (χ3n) is 4.77. The van der Waals surface area contributed by atoms with Crippen molar-refractivity contribution in [1.82, 2.24) is 14.5 Å². The van der Waals surface area contributed by atoms with Crippen LogP contribution in [-0.4, -0.2) is 27.5 Å². The first kappa shape index (κ1) is 15.1. The first-order chi connectivity index (χ1) is 11.7. The molecule has 2 aromatic carbocycles. The Morgan fingerprint density at radius 3 is 2.50 bits per heavy atom. The van der Waals surface area contributed by atoms with Crippen LogP contribution in [0.5, 0.6) is 0 Å². The normalized spacial score (nSPS) is 15.2. The van der Waals surface area contributed by atoms with E-state index in [-0.39, 0.29) is 5.56 Å². The highest BCUT2D eigenvalue weighted by Crippen LogP contribution is 2.19. The summed E-state index contributed by atoms with van der Waals surface area (Å²) in [5, 5.41) is 0.672.